The summed E-state index contributed by atoms with van der Waals surface area (Å²) in [6.45, 7) is 8.20. The van der Waals surface area contributed by atoms with Gasteiger partial charge in [-0.25, -0.2) is 14.0 Å². The van der Waals surface area contributed by atoms with Gasteiger partial charge in [0, 0.05) is 71.8 Å². The molecule has 2 aliphatic heterocycles. The molecule has 100 heavy (non-hydrogen) atoms. The average Bonchev–Trinajstić information content (AvgIpc) is 1.60. The second kappa shape index (κ2) is 35.5. The van der Waals surface area contributed by atoms with Crippen LogP contribution in [-0.4, -0.2) is 163 Å². The third kappa shape index (κ3) is 17.4. The lowest BCUT2D eigenvalue weighted by Crippen LogP contribution is -2.46. The molecule has 2 fully saturated rings. The quantitative estimate of drug-likeness (QED) is 0.0763. The van der Waals surface area contributed by atoms with Crippen LogP contribution in [0.1, 0.15) is 50.0 Å². The highest BCUT2D eigenvalue weighted by molar-refractivity contribution is 6.40. The van der Waals surface area contributed by atoms with Gasteiger partial charge in [-0.15, -0.1) is 30.6 Å². The Kier molecular flexibility index (Phi) is 27.3. The lowest BCUT2D eigenvalue weighted by molar-refractivity contribution is -0.132. The van der Waals surface area contributed by atoms with E-state index in [1.807, 2.05) is 196 Å². The molecule has 2 saturated heterocycles. The first-order valence-electron chi connectivity index (χ1n) is 30.9. The van der Waals surface area contributed by atoms with Gasteiger partial charge in [-0.3, -0.25) is 14.4 Å². The molecule has 21 nitrogen and oxygen atoms in total. The van der Waals surface area contributed by atoms with Crippen LogP contribution in [0.3, 0.4) is 0 Å². The van der Waals surface area contributed by atoms with E-state index in [1.54, 1.807) is 23.8 Å². The van der Waals surface area contributed by atoms with Crippen molar-refractivity contribution in [3.05, 3.63) is 209 Å². The Morgan fingerprint density at radius 3 is 1.14 bits per heavy atom. The lowest BCUT2D eigenvalue weighted by Gasteiger charge is -2.29. The van der Waals surface area contributed by atoms with E-state index in [4.69, 9.17) is 50.1 Å². The van der Waals surface area contributed by atoms with Gasteiger partial charge in [0.15, 0.2) is 16.9 Å². The number of hydrogen-bond acceptors (Lipinski definition) is 15. The number of rotatable bonds is 16. The number of likely N-dealkylation sites (tertiary alicyclic amines) is 1. The number of fused-ring (bicyclic) bond motifs is 3. The minimum Gasteiger partial charge on any atom is -0.391 e. The van der Waals surface area contributed by atoms with E-state index in [-0.39, 0.29) is 74.5 Å². The zero-order valence-corrected chi connectivity index (χ0v) is 54.4. The largest absolute Gasteiger partial charge is 0.391 e. The first-order valence-corrected chi connectivity index (χ1v) is 32.1. The summed E-state index contributed by atoms with van der Waals surface area (Å²) < 4.78 is 4.73. The molecule has 14 rings (SSSR count). The Labute approximate surface area is 599 Å². The highest BCUT2D eigenvalue weighted by Crippen LogP contribution is 2.40. The molecule has 1 unspecified atom stereocenters. The number of amides is 3. The van der Waals surface area contributed by atoms with Crippen LogP contribution < -0.4 is 10.6 Å². The number of β-amino-alcohol motifs (C(OH)–C–C–N with tert-alkyl or cyclic N) is 1. The number of aliphatic hydroxyl groups is 1. The first-order chi connectivity index (χ1) is 46.3. The molecular weight excluding hydrogens is 1320 g/mol. The molecule has 0 saturated carbocycles. The topological polar surface area (TPSA) is 236 Å². The van der Waals surface area contributed by atoms with Crippen molar-refractivity contribution in [1.82, 2.24) is 85.3 Å². The number of carbonyl (C=O) groups excluding carboxylic acids is 3. The predicted molar refractivity (Wildman–Crippen MR) is 404 cm³/mol. The zero-order chi connectivity index (χ0) is 66.0. The number of halogens is 3. The molecule has 8 heterocycles. The number of carbonyl (C=O) groups is 3. The van der Waals surface area contributed by atoms with Crippen LogP contribution in [0, 0.1) is 0 Å². The minimum absolute atomic E-state index is 0. The van der Waals surface area contributed by atoms with Crippen molar-refractivity contribution in [2.75, 3.05) is 59.9 Å². The fourth-order valence-corrected chi connectivity index (χ4v) is 12.3. The molecule has 12 aromatic rings. The van der Waals surface area contributed by atoms with Crippen molar-refractivity contribution in [2.45, 2.75) is 75.7 Å². The van der Waals surface area contributed by atoms with Gasteiger partial charge < -0.3 is 30.4 Å². The maximum Gasteiger partial charge on any atom is 0.244 e. The third-order valence-electron chi connectivity index (χ3n) is 16.1. The summed E-state index contributed by atoms with van der Waals surface area (Å²) in [4.78, 5) is 43.8. The van der Waals surface area contributed by atoms with Gasteiger partial charge in [-0.05, 0) is 33.5 Å². The number of nitrogens with zero attached hydrogens (tertiary/aromatic N) is 15. The number of nitrogens with one attached hydrogen (secondary N) is 2. The summed E-state index contributed by atoms with van der Waals surface area (Å²) in [6.07, 6.45) is 0.994. The van der Waals surface area contributed by atoms with E-state index in [0.717, 1.165) is 52.0 Å². The molecule has 0 spiro atoms. The Hall–Kier alpha value is -10.3. The number of piperazine rings is 1. The highest BCUT2D eigenvalue weighted by Gasteiger charge is 2.29. The fraction of sp³-hybridized carbons (Fsp3) is 0.263. The van der Waals surface area contributed by atoms with Gasteiger partial charge in [0.05, 0.1) is 43.9 Å². The molecular formula is C76H86Cl3N17O4. The minimum atomic E-state index is -0.471. The summed E-state index contributed by atoms with van der Waals surface area (Å²) in [7, 11) is 4.02. The first kappa shape index (κ1) is 77.1. The van der Waals surface area contributed by atoms with E-state index in [9.17, 15) is 19.5 Å². The van der Waals surface area contributed by atoms with E-state index in [0.29, 0.717) is 128 Å². The normalized spacial score (nSPS) is 13.1. The summed E-state index contributed by atoms with van der Waals surface area (Å²) >= 11 is 20.6. The van der Waals surface area contributed by atoms with Crippen LogP contribution >= 0.6 is 34.8 Å². The Balaban J connectivity index is 0.000000206. The fourth-order valence-electron chi connectivity index (χ4n) is 11.3. The summed E-state index contributed by atoms with van der Waals surface area (Å²) in [5.41, 5.74) is 11.3. The number of aromatic nitrogens is 12. The van der Waals surface area contributed by atoms with Crippen molar-refractivity contribution in [3.8, 4) is 67.5 Å². The van der Waals surface area contributed by atoms with Crippen LogP contribution in [0.5, 0.6) is 0 Å². The van der Waals surface area contributed by atoms with Crippen molar-refractivity contribution in [1.29, 1.82) is 0 Å². The predicted octanol–water partition coefficient (Wildman–Crippen LogP) is 14.2. The lowest BCUT2D eigenvalue weighted by atomic mass is 10.1. The molecule has 1 atom stereocenters. The van der Waals surface area contributed by atoms with Crippen molar-refractivity contribution < 1.29 is 19.5 Å². The Morgan fingerprint density at radius 1 is 0.490 bits per heavy atom. The standard InChI is InChI=1S/C24H21ClN6O.C24H25ClN6O.C23H20ClN5O2.5CH4/c1-16-14-30(13-12-26-16)19(32)15-31-24-20(22(29-31)17-8-4-2-5-9-17)21(25)23(27-28-24)18-10-6-3-7-11-18;1-30(2)15-9-14-26-19(32)16-31-24-20(22(29-31)17-10-5-3-6-11-17)21(25)23(27-28-24)18-12-7-4-8-13-18;24-20-19-21(15-7-3-1-4-8-15)27-29(14-18(31)28-12-11-17(30)13-28)23(19)26-25-22(20)16-9-5-2-6-10-16;;;;;/h2-11,26H,1,12-15H2;3-8,10-13H,9,14-16H2,1-2H3,(H,26,32);1-10,17,30H,11-14H2;5*1H4. The third-order valence-corrected chi connectivity index (χ3v) is 17.2. The molecule has 0 aliphatic carbocycles. The molecule has 3 N–H and O–H groups in total. The molecule has 0 bridgehead atoms. The van der Waals surface area contributed by atoms with Crippen molar-refractivity contribution in [2.24, 2.45) is 0 Å². The smallest absolute Gasteiger partial charge is 0.244 e. The average molecular weight is 1410 g/mol. The maximum atomic E-state index is 13.0. The second-order valence-corrected chi connectivity index (χ2v) is 24.2. The molecule has 3 amide bonds. The van der Waals surface area contributed by atoms with Gasteiger partial charge >= 0.3 is 0 Å². The molecule has 24 heteroatoms. The Morgan fingerprint density at radius 2 is 0.820 bits per heavy atom. The molecule has 2 aliphatic rings. The van der Waals surface area contributed by atoms with Crippen LogP contribution in [0.25, 0.3) is 101 Å². The second-order valence-electron chi connectivity index (χ2n) is 23.0. The summed E-state index contributed by atoms with van der Waals surface area (Å²) in [6, 6.07) is 58.2. The van der Waals surface area contributed by atoms with Crippen LogP contribution in [0.15, 0.2) is 194 Å². The maximum absolute atomic E-state index is 13.0. The number of hydrogen-bond donors (Lipinski definition) is 3. The van der Waals surface area contributed by atoms with Crippen LogP contribution in [-0.2, 0) is 34.0 Å². The molecule has 520 valence electrons. The number of aliphatic hydroxyl groups excluding tert-OH is 1. The van der Waals surface area contributed by atoms with Crippen molar-refractivity contribution >= 4 is 85.6 Å². The summed E-state index contributed by atoms with van der Waals surface area (Å²) in [5.74, 6) is -0.301. The van der Waals surface area contributed by atoms with Gasteiger partial charge in [-0.2, -0.15) is 15.3 Å². The van der Waals surface area contributed by atoms with E-state index >= 15 is 0 Å². The Bertz CT molecular complexity index is 4700. The molecule has 6 aromatic carbocycles. The highest BCUT2D eigenvalue weighted by atomic mass is 35.5. The van der Waals surface area contributed by atoms with Gasteiger partial charge in [0.2, 0.25) is 17.7 Å². The summed E-state index contributed by atoms with van der Waals surface area (Å²) in [5, 5.41) is 59.8. The van der Waals surface area contributed by atoms with E-state index in [1.165, 1.54) is 0 Å². The van der Waals surface area contributed by atoms with Crippen LogP contribution in [0.4, 0.5) is 0 Å². The van der Waals surface area contributed by atoms with E-state index in [2.05, 4.69) is 52.7 Å². The monoisotopic (exact) mass is 1410 g/mol. The SMILES string of the molecule is C.C.C.C.C.C=C1CN(C(=O)Cn2nc(-c3ccccc3)c3c(Cl)c(-c4ccccc4)nnc32)CCN1.CN(C)CCCNC(=O)Cn1nc(-c2ccccc2)c2c(Cl)c(-c3ccccc3)nnc21.O=C(Cn1nc(-c2ccccc2)c2c(Cl)c(-c3ccccc3)nnc21)N1CCC(O)C1. The molecule has 0 radical (unpaired) electrons. The van der Waals surface area contributed by atoms with Gasteiger partial charge in [-0.1, -0.05) is 261 Å². The van der Waals surface area contributed by atoms with Gasteiger partial charge in [0.25, 0.3) is 0 Å². The number of benzene rings is 6. The van der Waals surface area contributed by atoms with Crippen molar-refractivity contribution in [3.63, 3.8) is 0 Å². The van der Waals surface area contributed by atoms with Crippen LogP contribution in [0.2, 0.25) is 15.1 Å². The van der Waals surface area contributed by atoms with E-state index < -0.39 is 6.10 Å². The molecule has 6 aromatic heterocycles. The zero-order valence-electron chi connectivity index (χ0n) is 52.1. The van der Waals surface area contributed by atoms with Gasteiger partial charge in [0.1, 0.15) is 53.8 Å².